The Morgan fingerprint density at radius 1 is 1.00 bits per heavy atom. The average molecular weight is 310 g/mol. The molecular weight excluding hydrogens is 280 g/mol. The van der Waals surface area contributed by atoms with Crippen molar-refractivity contribution >= 4 is 11.9 Å². The summed E-state index contributed by atoms with van der Waals surface area (Å²) in [6.07, 6.45) is 4.85. The van der Waals surface area contributed by atoms with Crippen LogP contribution in [0.4, 0.5) is 0 Å². The standard InChI is InChI=1S/C17H30N2O3/c1-16(2)9-11(10-17(3,4)19-16)18-14(20)12-7-5-6-8-13(12)15(21)22/h11-13,19H,5-10H2,1-4H3,(H,18,20)(H,21,22)/t12-,13+/m1/s1. The Balaban J connectivity index is 2.02. The van der Waals surface area contributed by atoms with Gasteiger partial charge in [0.25, 0.3) is 0 Å². The van der Waals surface area contributed by atoms with Crippen LogP contribution in [-0.2, 0) is 9.59 Å². The minimum Gasteiger partial charge on any atom is -0.550 e. The highest BCUT2D eigenvalue weighted by Crippen LogP contribution is 2.31. The van der Waals surface area contributed by atoms with Crippen LogP contribution in [0.5, 0.6) is 0 Å². The molecule has 1 aliphatic heterocycles. The second-order valence-corrected chi connectivity index (χ2v) is 8.55. The first-order chi connectivity index (χ1) is 10.1. The van der Waals surface area contributed by atoms with Crippen LogP contribution in [-0.4, -0.2) is 29.0 Å². The molecule has 1 saturated carbocycles. The lowest BCUT2D eigenvalue weighted by Crippen LogP contribution is -3.06. The van der Waals surface area contributed by atoms with Gasteiger partial charge in [-0.05, 0) is 40.5 Å². The molecule has 1 saturated heterocycles. The lowest BCUT2D eigenvalue weighted by atomic mass is 9.77. The number of piperidine rings is 1. The molecule has 3 N–H and O–H groups in total. The fraction of sp³-hybridized carbons (Fsp3) is 0.882. The van der Waals surface area contributed by atoms with E-state index >= 15 is 0 Å². The van der Waals surface area contributed by atoms with Gasteiger partial charge in [-0.1, -0.05) is 12.8 Å². The number of aliphatic carboxylic acids is 1. The second-order valence-electron chi connectivity index (χ2n) is 8.55. The maximum Gasteiger partial charge on any atom is 0.223 e. The van der Waals surface area contributed by atoms with E-state index in [1.54, 1.807) is 0 Å². The number of amides is 1. The van der Waals surface area contributed by atoms with Crippen LogP contribution < -0.4 is 15.7 Å². The van der Waals surface area contributed by atoms with E-state index in [0.29, 0.717) is 12.8 Å². The highest BCUT2D eigenvalue weighted by atomic mass is 16.4. The van der Waals surface area contributed by atoms with E-state index in [1.807, 2.05) is 0 Å². The van der Waals surface area contributed by atoms with E-state index in [-0.39, 0.29) is 23.0 Å². The first-order valence-corrected chi connectivity index (χ1v) is 8.48. The Labute approximate surface area is 133 Å². The first kappa shape index (κ1) is 17.3. The highest BCUT2D eigenvalue weighted by molar-refractivity contribution is 5.84. The van der Waals surface area contributed by atoms with Gasteiger partial charge in [0.05, 0.1) is 11.1 Å². The zero-order valence-electron chi connectivity index (χ0n) is 14.3. The largest absolute Gasteiger partial charge is 0.550 e. The molecule has 0 aromatic carbocycles. The Bertz CT molecular complexity index is 429. The normalized spacial score (nSPS) is 31.5. The first-order valence-electron chi connectivity index (χ1n) is 8.48. The molecule has 0 bridgehead atoms. The van der Waals surface area contributed by atoms with Gasteiger partial charge in [-0.2, -0.15) is 0 Å². The van der Waals surface area contributed by atoms with Crippen molar-refractivity contribution in [2.45, 2.75) is 83.3 Å². The minimum absolute atomic E-state index is 0.0833. The molecule has 2 rings (SSSR count). The maximum absolute atomic E-state index is 12.6. The van der Waals surface area contributed by atoms with Crippen LogP contribution in [0.15, 0.2) is 0 Å². The molecule has 0 aromatic heterocycles. The third kappa shape index (κ3) is 4.22. The molecule has 5 nitrogen and oxygen atoms in total. The van der Waals surface area contributed by atoms with Crippen LogP contribution >= 0.6 is 0 Å². The van der Waals surface area contributed by atoms with Crippen molar-refractivity contribution in [3.05, 3.63) is 0 Å². The molecule has 22 heavy (non-hydrogen) atoms. The molecule has 1 heterocycles. The molecule has 2 aliphatic rings. The predicted octanol–water partition coefficient (Wildman–Crippen LogP) is -0.0581. The van der Waals surface area contributed by atoms with Crippen LogP contribution in [0.25, 0.3) is 0 Å². The highest BCUT2D eigenvalue weighted by Gasteiger charge is 2.43. The molecule has 0 spiro atoms. The van der Waals surface area contributed by atoms with Crippen molar-refractivity contribution in [1.82, 2.24) is 5.32 Å². The van der Waals surface area contributed by atoms with Crippen molar-refractivity contribution in [2.24, 2.45) is 11.8 Å². The fourth-order valence-corrected chi connectivity index (χ4v) is 4.65. The summed E-state index contributed by atoms with van der Waals surface area (Å²) in [7, 11) is 0. The molecule has 1 amide bonds. The van der Waals surface area contributed by atoms with Gasteiger partial charge in [-0.25, -0.2) is 0 Å². The number of carboxylic acids is 1. The summed E-state index contributed by atoms with van der Waals surface area (Å²) in [6.45, 7) is 8.77. The van der Waals surface area contributed by atoms with Gasteiger partial charge in [0.1, 0.15) is 0 Å². The molecule has 126 valence electrons. The summed E-state index contributed by atoms with van der Waals surface area (Å²) in [4.78, 5) is 23.9. The third-order valence-electron chi connectivity index (χ3n) is 5.08. The van der Waals surface area contributed by atoms with Gasteiger partial charge < -0.3 is 20.5 Å². The van der Waals surface area contributed by atoms with Crippen LogP contribution in [0, 0.1) is 11.8 Å². The number of rotatable bonds is 3. The van der Waals surface area contributed by atoms with E-state index < -0.39 is 17.8 Å². The zero-order valence-corrected chi connectivity index (χ0v) is 14.3. The quantitative estimate of drug-likeness (QED) is 0.766. The number of carboxylic acid groups (broad SMARTS) is 1. The van der Waals surface area contributed by atoms with Crippen molar-refractivity contribution in [1.29, 1.82) is 0 Å². The Morgan fingerprint density at radius 3 is 2.00 bits per heavy atom. The number of quaternary nitrogens is 1. The lowest BCUT2D eigenvalue weighted by molar-refractivity contribution is -0.788. The van der Waals surface area contributed by atoms with Gasteiger partial charge >= 0.3 is 0 Å². The molecule has 2 atom stereocenters. The molecule has 5 heteroatoms. The summed E-state index contributed by atoms with van der Waals surface area (Å²) in [5, 5.41) is 16.8. The van der Waals surface area contributed by atoms with E-state index in [0.717, 1.165) is 25.7 Å². The molecule has 0 aromatic rings. The van der Waals surface area contributed by atoms with E-state index in [9.17, 15) is 14.7 Å². The second kappa shape index (κ2) is 6.19. The Hall–Kier alpha value is -1.10. The smallest absolute Gasteiger partial charge is 0.223 e. The molecule has 2 fully saturated rings. The van der Waals surface area contributed by atoms with E-state index in [1.165, 1.54) is 0 Å². The average Bonchev–Trinajstić information content (AvgIpc) is 2.34. The lowest BCUT2D eigenvalue weighted by Gasteiger charge is -2.43. The zero-order chi connectivity index (χ0) is 16.5. The van der Waals surface area contributed by atoms with Gasteiger partial charge in [-0.15, -0.1) is 0 Å². The fourth-order valence-electron chi connectivity index (χ4n) is 4.65. The summed E-state index contributed by atoms with van der Waals surface area (Å²) in [6, 6.07) is 0.117. The summed E-state index contributed by atoms with van der Waals surface area (Å²) in [5.41, 5.74) is 0.167. The molecule has 0 unspecified atom stereocenters. The van der Waals surface area contributed by atoms with Crippen LogP contribution in [0.3, 0.4) is 0 Å². The Kier molecular flexibility index (Phi) is 4.85. The van der Waals surface area contributed by atoms with Gasteiger partial charge in [0, 0.05) is 36.7 Å². The van der Waals surface area contributed by atoms with E-state index in [4.69, 9.17) is 0 Å². The number of hydrogen-bond donors (Lipinski definition) is 2. The van der Waals surface area contributed by atoms with Crippen molar-refractivity contribution in [3.8, 4) is 0 Å². The van der Waals surface area contributed by atoms with Crippen molar-refractivity contribution in [3.63, 3.8) is 0 Å². The predicted molar refractivity (Wildman–Crippen MR) is 81.7 cm³/mol. The molecule has 1 aliphatic carbocycles. The van der Waals surface area contributed by atoms with Crippen LogP contribution in [0.2, 0.25) is 0 Å². The number of nitrogens with one attached hydrogen (secondary N) is 1. The third-order valence-corrected chi connectivity index (χ3v) is 5.08. The minimum atomic E-state index is -1.07. The van der Waals surface area contributed by atoms with Crippen LogP contribution in [0.1, 0.15) is 66.2 Å². The maximum atomic E-state index is 12.6. The van der Waals surface area contributed by atoms with Crippen molar-refractivity contribution < 1.29 is 20.0 Å². The van der Waals surface area contributed by atoms with Gasteiger partial charge in [0.15, 0.2) is 0 Å². The van der Waals surface area contributed by atoms with Gasteiger partial charge in [-0.3, -0.25) is 4.79 Å². The van der Waals surface area contributed by atoms with E-state index in [2.05, 4.69) is 38.3 Å². The molecular formula is C17H30N2O3. The monoisotopic (exact) mass is 310 g/mol. The number of carbonyl (C=O) groups excluding carboxylic acids is 2. The summed E-state index contributed by atoms with van der Waals surface area (Å²) in [5.74, 6) is -2.20. The topological polar surface area (TPSA) is 85.8 Å². The Morgan fingerprint density at radius 2 is 1.50 bits per heavy atom. The molecule has 0 radical (unpaired) electrons. The summed E-state index contributed by atoms with van der Waals surface area (Å²) < 4.78 is 0. The van der Waals surface area contributed by atoms with Crippen molar-refractivity contribution in [2.75, 3.05) is 0 Å². The number of nitrogens with two attached hydrogens (primary N) is 1. The number of hydrogen-bond acceptors (Lipinski definition) is 3. The van der Waals surface area contributed by atoms with Gasteiger partial charge in [0.2, 0.25) is 5.91 Å². The SMILES string of the molecule is CC1(C)CC(NC(=O)[C@@H]2CCCC[C@@H]2C(=O)[O-])CC(C)(C)[NH2+]1. The number of carbonyl (C=O) groups is 2. The summed E-state index contributed by atoms with van der Waals surface area (Å²) >= 11 is 0.